The van der Waals surface area contributed by atoms with Crippen molar-refractivity contribution in [2.24, 2.45) is 0 Å². The van der Waals surface area contributed by atoms with Crippen molar-refractivity contribution < 1.29 is 22.6 Å². The van der Waals surface area contributed by atoms with E-state index >= 15 is 8.78 Å². The molecule has 1 saturated heterocycles. The van der Waals surface area contributed by atoms with E-state index in [9.17, 15) is 9.65 Å². The fourth-order valence-electron chi connectivity index (χ4n) is 4.45. The van der Waals surface area contributed by atoms with Crippen LogP contribution in [-0.4, -0.2) is 47.3 Å². The summed E-state index contributed by atoms with van der Waals surface area (Å²) in [6.07, 6.45) is 1.87. The summed E-state index contributed by atoms with van der Waals surface area (Å²) in [7, 11) is 1.92. The van der Waals surface area contributed by atoms with Crippen LogP contribution in [0.5, 0.6) is 11.5 Å². The van der Waals surface area contributed by atoms with Gasteiger partial charge in [0, 0.05) is 42.9 Å². The molecule has 0 saturated carbocycles. The first-order valence-corrected chi connectivity index (χ1v) is 13.4. The fraction of sp³-hybridized carbons (Fsp3) is 0.276. The minimum Gasteiger partial charge on any atom is -0.487 e. The number of likely N-dealkylation sites (tertiary alicyclic amines) is 1. The van der Waals surface area contributed by atoms with E-state index in [-0.39, 0.29) is 75.6 Å². The van der Waals surface area contributed by atoms with Crippen LogP contribution >= 0.6 is 23.2 Å². The minimum atomic E-state index is -1.56. The number of fused-ring (bicyclic) bond motifs is 1. The van der Waals surface area contributed by atoms with Gasteiger partial charge in [-0.1, -0.05) is 29.3 Å². The van der Waals surface area contributed by atoms with Gasteiger partial charge in [0.05, 0.1) is 33.2 Å². The Balaban J connectivity index is 1.39. The number of aromatic nitrogens is 2. The number of piperidine rings is 1. The summed E-state index contributed by atoms with van der Waals surface area (Å²) in [5, 5.41) is 13.2. The summed E-state index contributed by atoms with van der Waals surface area (Å²) < 4.78 is 56.3. The first-order valence-electron chi connectivity index (χ1n) is 12.7. The number of pyridine rings is 2. The highest BCUT2D eigenvalue weighted by molar-refractivity contribution is 6.33. The van der Waals surface area contributed by atoms with Crippen molar-refractivity contribution in [2.45, 2.75) is 25.1 Å². The summed E-state index contributed by atoms with van der Waals surface area (Å²) in [5.41, 5.74) is -0.425. The number of halogens is 5. The minimum absolute atomic E-state index is 0.0432. The molecule has 1 aliphatic rings. The zero-order valence-corrected chi connectivity index (χ0v) is 23.4. The van der Waals surface area contributed by atoms with Crippen LogP contribution in [0.3, 0.4) is 0 Å². The topological polar surface area (TPSA) is 83.3 Å². The quantitative estimate of drug-likeness (QED) is 0.213. The van der Waals surface area contributed by atoms with Crippen molar-refractivity contribution in [2.75, 3.05) is 32.1 Å². The number of hydrogen-bond acceptors (Lipinski definition) is 7. The third-order valence-electron chi connectivity index (χ3n) is 6.84. The van der Waals surface area contributed by atoms with Crippen LogP contribution in [0.1, 0.15) is 24.1 Å². The molecule has 1 aliphatic heterocycles. The van der Waals surface area contributed by atoms with E-state index < -0.39 is 17.3 Å². The number of rotatable bonds is 8. The highest BCUT2D eigenvalue weighted by atomic mass is 35.5. The van der Waals surface area contributed by atoms with Crippen molar-refractivity contribution in [3.8, 4) is 17.6 Å². The van der Waals surface area contributed by atoms with Crippen molar-refractivity contribution in [1.82, 2.24) is 14.9 Å². The summed E-state index contributed by atoms with van der Waals surface area (Å²) >= 11 is 12.3. The first kappa shape index (κ1) is 28.7. The number of anilines is 2. The highest BCUT2D eigenvalue weighted by Gasteiger charge is 2.34. The van der Waals surface area contributed by atoms with Gasteiger partial charge < -0.3 is 19.7 Å². The van der Waals surface area contributed by atoms with Crippen molar-refractivity contribution in [1.29, 1.82) is 5.26 Å². The number of hydrogen-bond donors (Lipinski definition) is 1. The van der Waals surface area contributed by atoms with Crippen LogP contribution in [0.2, 0.25) is 10.2 Å². The fourth-order valence-corrected chi connectivity index (χ4v) is 4.83. The van der Waals surface area contributed by atoms with E-state index in [4.69, 9.17) is 32.7 Å². The summed E-state index contributed by atoms with van der Waals surface area (Å²) in [4.78, 5) is 10.4. The lowest BCUT2D eigenvalue weighted by atomic mass is 9.94. The number of nitrogens with zero attached hydrogens (tertiary/aromatic N) is 4. The predicted octanol–water partition coefficient (Wildman–Crippen LogP) is 7.22. The van der Waals surface area contributed by atoms with Crippen LogP contribution in [0.25, 0.3) is 10.9 Å². The molecule has 7 nitrogen and oxygen atoms in total. The van der Waals surface area contributed by atoms with Gasteiger partial charge in [-0.25, -0.2) is 18.2 Å². The Labute approximate surface area is 244 Å². The summed E-state index contributed by atoms with van der Waals surface area (Å²) in [6, 6.07) is 11.8. The van der Waals surface area contributed by atoms with Crippen molar-refractivity contribution >= 4 is 45.5 Å². The maximum absolute atomic E-state index is 15.2. The maximum atomic E-state index is 15.2. The van der Waals surface area contributed by atoms with Gasteiger partial charge in [0.2, 0.25) is 0 Å². The number of nitriles is 1. The third kappa shape index (κ3) is 6.59. The molecule has 0 aliphatic carbocycles. The van der Waals surface area contributed by atoms with Gasteiger partial charge in [-0.15, -0.1) is 0 Å². The standard InChI is InChI=1S/C29H24Cl2F3N5O2/c1-39-7-5-29(34,6-8-39)16-41-26-12-23-19(9-21(26)32)28(17(13-35)14-36-23)38-24-11-22(33)25(10-20(24)30)40-15-18-3-2-4-27(31)37-18/h2-4,9-12,14H,5-8,15-16H2,1H3,(H,36,38). The Morgan fingerprint density at radius 2 is 1.80 bits per heavy atom. The number of ether oxygens (including phenoxy) is 2. The average Bonchev–Trinajstić information content (AvgIpc) is 2.95. The predicted molar refractivity (Wildman–Crippen MR) is 151 cm³/mol. The molecule has 3 heterocycles. The van der Waals surface area contributed by atoms with E-state index in [0.717, 1.165) is 12.1 Å². The lowest BCUT2D eigenvalue weighted by molar-refractivity contribution is 0.0233. The Morgan fingerprint density at radius 1 is 1.07 bits per heavy atom. The van der Waals surface area contributed by atoms with E-state index in [1.165, 1.54) is 18.3 Å². The van der Waals surface area contributed by atoms with Gasteiger partial charge >= 0.3 is 0 Å². The molecule has 4 aromatic rings. The summed E-state index contributed by atoms with van der Waals surface area (Å²) in [5.74, 6) is -1.77. The number of benzene rings is 2. The molecule has 1 N–H and O–H groups in total. The van der Waals surface area contributed by atoms with Gasteiger partial charge in [-0.2, -0.15) is 5.26 Å². The van der Waals surface area contributed by atoms with Gasteiger partial charge in [-0.3, -0.25) is 4.98 Å². The average molecular weight is 602 g/mol. The van der Waals surface area contributed by atoms with Crippen molar-refractivity contribution in [3.63, 3.8) is 0 Å². The van der Waals surface area contributed by atoms with Crippen molar-refractivity contribution in [3.05, 3.63) is 81.7 Å². The molecule has 41 heavy (non-hydrogen) atoms. The van der Waals surface area contributed by atoms with Crippen LogP contribution < -0.4 is 14.8 Å². The van der Waals surface area contributed by atoms with E-state index in [1.807, 2.05) is 18.0 Å². The molecule has 0 unspecified atom stereocenters. The van der Waals surface area contributed by atoms with Gasteiger partial charge in [0.15, 0.2) is 23.1 Å². The van der Waals surface area contributed by atoms with E-state index in [0.29, 0.717) is 18.8 Å². The largest absolute Gasteiger partial charge is 0.487 e. The van der Waals surface area contributed by atoms with Crippen LogP contribution in [0.4, 0.5) is 24.5 Å². The zero-order chi connectivity index (χ0) is 29.1. The highest BCUT2D eigenvalue weighted by Crippen LogP contribution is 2.37. The van der Waals surface area contributed by atoms with Crippen LogP contribution in [0.15, 0.2) is 48.7 Å². The van der Waals surface area contributed by atoms with Gasteiger partial charge in [-0.05, 0) is 38.1 Å². The monoisotopic (exact) mass is 601 g/mol. The molecule has 0 radical (unpaired) electrons. The molecule has 1 fully saturated rings. The lowest BCUT2D eigenvalue weighted by Gasteiger charge is -2.34. The number of nitrogens with one attached hydrogen (secondary N) is 1. The molecule has 2 aromatic heterocycles. The second-order valence-corrected chi connectivity index (χ2v) is 10.6. The van der Waals surface area contributed by atoms with Gasteiger partial charge in [0.25, 0.3) is 0 Å². The molecule has 0 atom stereocenters. The molecule has 2 aromatic carbocycles. The molecular formula is C29H24Cl2F3N5O2. The Kier molecular flexibility index (Phi) is 8.40. The number of alkyl halides is 1. The maximum Gasteiger partial charge on any atom is 0.167 e. The SMILES string of the molecule is CN1CCC(F)(COc2cc3ncc(C#N)c(Nc4cc(F)c(OCc5cccc(Cl)n5)cc4Cl)c3cc2F)CC1. The third-order valence-corrected chi connectivity index (χ3v) is 7.36. The lowest BCUT2D eigenvalue weighted by Crippen LogP contribution is -2.43. The van der Waals surface area contributed by atoms with Gasteiger partial charge in [0.1, 0.15) is 30.1 Å². The van der Waals surface area contributed by atoms with E-state index in [1.54, 1.807) is 18.2 Å². The first-order chi connectivity index (χ1) is 19.6. The second-order valence-electron chi connectivity index (χ2n) is 9.83. The molecule has 0 spiro atoms. The Bertz CT molecular complexity index is 1640. The smallest absolute Gasteiger partial charge is 0.167 e. The Morgan fingerprint density at radius 3 is 2.54 bits per heavy atom. The molecule has 5 rings (SSSR count). The normalized spacial score (nSPS) is 15.0. The Hall–Kier alpha value is -3.78. The molecule has 0 amide bonds. The zero-order valence-electron chi connectivity index (χ0n) is 21.9. The molecule has 212 valence electrons. The van der Waals surface area contributed by atoms with Crippen LogP contribution in [-0.2, 0) is 6.61 Å². The molecular weight excluding hydrogens is 578 g/mol. The molecule has 0 bridgehead atoms. The molecule has 12 heteroatoms. The second kappa shape index (κ2) is 12.0. The summed E-state index contributed by atoms with van der Waals surface area (Å²) in [6.45, 7) is 0.839. The van der Waals surface area contributed by atoms with E-state index in [2.05, 4.69) is 15.3 Å². The van der Waals surface area contributed by atoms with Crippen LogP contribution in [0, 0.1) is 23.0 Å².